The maximum atomic E-state index is 11.9. The van der Waals surface area contributed by atoms with Crippen molar-refractivity contribution < 1.29 is 4.79 Å². The fourth-order valence-corrected chi connectivity index (χ4v) is 2.15. The first-order valence-corrected chi connectivity index (χ1v) is 6.66. The van der Waals surface area contributed by atoms with Crippen LogP contribution in [0.25, 0.3) is 0 Å². The molecule has 1 amide bonds. The van der Waals surface area contributed by atoms with Gasteiger partial charge in [-0.3, -0.25) is 9.89 Å². The van der Waals surface area contributed by atoms with Crippen LogP contribution in [0.4, 0.5) is 5.69 Å². The van der Waals surface area contributed by atoms with Crippen LogP contribution >= 0.6 is 22.6 Å². The SMILES string of the molecule is CCc1nc(C(=O)Nc2ccc(I)cc2C)n[nH]1. The third-order valence-electron chi connectivity index (χ3n) is 2.51. The van der Waals surface area contributed by atoms with Crippen LogP contribution in [0.5, 0.6) is 0 Å². The lowest BCUT2D eigenvalue weighted by molar-refractivity contribution is 0.101. The zero-order chi connectivity index (χ0) is 13.1. The molecule has 2 aromatic rings. The molecule has 5 nitrogen and oxygen atoms in total. The molecule has 1 heterocycles. The summed E-state index contributed by atoms with van der Waals surface area (Å²) in [7, 11) is 0. The lowest BCUT2D eigenvalue weighted by atomic mass is 10.2. The van der Waals surface area contributed by atoms with Gasteiger partial charge < -0.3 is 5.32 Å². The third kappa shape index (κ3) is 2.87. The lowest BCUT2D eigenvalue weighted by Gasteiger charge is -2.06. The first-order valence-electron chi connectivity index (χ1n) is 5.59. The molecule has 0 saturated heterocycles. The number of nitrogens with zero attached hydrogens (tertiary/aromatic N) is 2. The van der Waals surface area contributed by atoms with Crippen molar-refractivity contribution in [3.63, 3.8) is 0 Å². The fourth-order valence-electron chi connectivity index (χ4n) is 1.50. The number of halogens is 1. The van der Waals surface area contributed by atoms with Crippen molar-refractivity contribution in [2.45, 2.75) is 20.3 Å². The number of hydrogen-bond donors (Lipinski definition) is 2. The summed E-state index contributed by atoms with van der Waals surface area (Å²) in [6, 6.07) is 5.83. The van der Waals surface area contributed by atoms with Gasteiger partial charge in [-0.2, -0.15) is 0 Å². The van der Waals surface area contributed by atoms with E-state index in [0.717, 1.165) is 21.2 Å². The number of aromatic amines is 1. The van der Waals surface area contributed by atoms with Gasteiger partial charge in [-0.15, -0.1) is 5.10 Å². The first kappa shape index (κ1) is 13.0. The second-order valence-corrected chi connectivity index (χ2v) is 5.12. The van der Waals surface area contributed by atoms with Crippen LogP contribution in [0.15, 0.2) is 18.2 Å². The number of nitrogens with one attached hydrogen (secondary N) is 2. The molecule has 0 aliphatic carbocycles. The van der Waals surface area contributed by atoms with E-state index in [1.807, 2.05) is 32.0 Å². The zero-order valence-corrected chi connectivity index (χ0v) is 12.3. The molecule has 0 saturated carbocycles. The summed E-state index contributed by atoms with van der Waals surface area (Å²) >= 11 is 2.23. The molecule has 1 aromatic heterocycles. The Kier molecular flexibility index (Phi) is 3.95. The fraction of sp³-hybridized carbons (Fsp3) is 0.250. The maximum Gasteiger partial charge on any atom is 0.295 e. The van der Waals surface area contributed by atoms with Crippen LogP contribution in [0.3, 0.4) is 0 Å². The van der Waals surface area contributed by atoms with E-state index < -0.39 is 0 Å². The summed E-state index contributed by atoms with van der Waals surface area (Å²) in [6.45, 7) is 3.90. The molecule has 6 heteroatoms. The van der Waals surface area contributed by atoms with Crippen molar-refractivity contribution in [1.82, 2.24) is 15.2 Å². The monoisotopic (exact) mass is 356 g/mol. The molecule has 0 unspecified atom stereocenters. The van der Waals surface area contributed by atoms with Crippen LogP contribution in [0.2, 0.25) is 0 Å². The largest absolute Gasteiger partial charge is 0.319 e. The van der Waals surface area contributed by atoms with Gasteiger partial charge in [0.1, 0.15) is 5.82 Å². The van der Waals surface area contributed by atoms with Crippen molar-refractivity contribution in [3.8, 4) is 0 Å². The van der Waals surface area contributed by atoms with Gasteiger partial charge in [0.25, 0.3) is 5.91 Å². The summed E-state index contributed by atoms with van der Waals surface area (Å²) in [5, 5.41) is 9.41. The van der Waals surface area contributed by atoms with E-state index in [4.69, 9.17) is 0 Å². The highest BCUT2D eigenvalue weighted by atomic mass is 127. The molecule has 2 rings (SSSR count). The average Bonchev–Trinajstić information content (AvgIpc) is 2.81. The van der Waals surface area contributed by atoms with Gasteiger partial charge in [0.2, 0.25) is 5.82 Å². The topological polar surface area (TPSA) is 70.7 Å². The van der Waals surface area contributed by atoms with Crippen molar-refractivity contribution in [2.24, 2.45) is 0 Å². The number of carbonyl (C=O) groups excluding carboxylic acids is 1. The number of amides is 1. The van der Waals surface area contributed by atoms with Crippen molar-refractivity contribution >= 4 is 34.2 Å². The van der Waals surface area contributed by atoms with E-state index in [1.54, 1.807) is 0 Å². The van der Waals surface area contributed by atoms with E-state index in [2.05, 4.69) is 43.1 Å². The van der Waals surface area contributed by atoms with Gasteiger partial charge >= 0.3 is 0 Å². The molecule has 0 atom stereocenters. The van der Waals surface area contributed by atoms with E-state index >= 15 is 0 Å². The summed E-state index contributed by atoms with van der Waals surface area (Å²) < 4.78 is 1.13. The molecule has 2 N–H and O–H groups in total. The molecule has 0 fully saturated rings. The van der Waals surface area contributed by atoms with Crippen LogP contribution in [-0.2, 0) is 6.42 Å². The Morgan fingerprint density at radius 1 is 1.50 bits per heavy atom. The second kappa shape index (κ2) is 5.47. The van der Waals surface area contributed by atoms with Gasteiger partial charge in [0.05, 0.1) is 0 Å². The Morgan fingerprint density at radius 2 is 2.28 bits per heavy atom. The minimum Gasteiger partial charge on any atom is -0.319 e. The Morgan fingerprint density at radius 3 is 2.89 bits per heavy atom. The lowest BCUT2D eigenvalue weighted by Crippen LogP contribution is -2.14. The van der Waals surface area contributed by atoms with Gasteiger partial charge in [0.15, 0.2) is 0 Å². The number of H-pyrrole nitrogens is 1. The van der Waals surface area contributed by atoms with E-state index in [0.29, 0.717) is 5.82 Å². The van der Waals surface area contributed by atoms with E-state index in [-0.39, 0.29) is 11.7 Å². The molecule has 1 aromatic carbocycles. The van der Waals surface area contributed by atoms with Crippen molar-refractivity contribution in [3.05, 3.63) is 39.0 Å². The smallest absolute Gasteiger partial charge is 0.295 e. The molecule has 0 aliphatic heterocycles. The minimum absolute atomic E-state index is 0.171. The highest BCUT2D eigenvalue weighted by molar-refractivity contribution is 14.1. The summed E-state index contributed by atoms with van der Waals surface area (Å²) in [5.41, 5.74) is 1.80. The number of anilines is 1. The summed E-state index contributed by atoms with van der Waals surface area (Å²) in [5.74, 6) is 0.583. The molecule has 0 bridgehead atoms. The Hall–Kier alpha value is -1.44. The number of benzene rings is 1. The standard InChI is InChI=1S/C12H13IN4O/c1-3-10-15-11(17-16-10)12(18)14-9-5-4-8(13)6-7(9)2/h4-6H,3H2,1-2H3,(H,14,18)(H,15,16,17). The van der Waals surface area contributed by atoms with Gasteiger partial charge in [-0.1, -0.05) is 6.92 Å². The Bertz CT molecular complexity index is 579. The zero-order valence-electron chi connectivity index (χ0n) is 10.1. The van der Waals surface area contributed by atoms with Gasteiger partial charge in [-0.05, 0) is 53.3 Å². The Balaban J connectivity index is 2.16. The third-order valence-corrected chi connectivity index (χ3v) is 3.18. The van der Waals surface area contributed by atoms with Crippen LogP contribution in [-0.4, -0.2) is 21.1 Å². The average molecular weight is 356 g/mol. The molecular formula is C12H13IN4O. The Labute approximate surface area is 119 Å². The van der Waals surface area contributed by atoms with Crippen molar-refractivity contribution in [2.75, 3.05) is 5.32 Å². The molecule has 0 radical (unpaired) electrons. The number of aromatic nitrogens is 3. The maximum absolute atomic E-state index is 11.9. The summed E-state index contributed by atoms with van der Waals surface area (Å²) in [4.78, 5) is 16.0. The van der Waals surface area contributed by atoms with Crippen LogP contribution in [0.1, 0.15) is 28.9 Å². The summed E-state index contributed by atoms with van der Waals surface area (Å²) in [6.07, 6.45) is 0.725. The van der Waals surface area contributed by atoms with Crippen molar-refractivity contribution in [1.29, 1.82) is 0 Å². The highest BCUT2D eigenvalue weighted by Gasteiger charge is 2.13. The quantitative estimate of drug-likeness (QED) is 0.831. The number of hydrogen-bond acceptors (Lipinski definition) is 3. The van der Waals surface area contributed by atoms with Crippen LogP contribution in [0, 0.1) is 10.5 Å². The molecular weight excluding hydrogens is 343 g/mol. The molecule has 94 valence electrons. The number of rotatable bonds is 3. The second-order valence-electron chi connectivity index (χ2n) is 3.87. The normalized spacial score (nSPS) is 10.4. The highest BCUT2D eigenvalue weighted by Crippen LogP contribution is 2.18. The number of carbonyl (C=O) groups is 1. The number of aryl methyl sites for hydroxylation is 2. The van der Waals surface area contributed by atoms with Gasteiger partial charge in [-0.25, -0.2) is 4.98 Å². The van der Waals surface area contributed by atoms with E-state index in [9.17, 15) is 4.79 Å². The predicted molar refractivity (Wildman–Crippen MR) is 77.6 cm³/mol. The molecule has 18 heavy (non-hydrogen) atoms. The predicted octanol–water partition coefficient (Wildman–Crippen LogP) is 2.53. The first-order chi connectivity index (χ1) is 8.60. The minimum atomic E-state index is -0.296. The van der Waals surface area contributed by atoms with Crippen LogP contribution < -0.4 is 5.32 Å². The van der Waals surface area contributed by atoms with E-state index in [1.165, 1.54) is 0 Å². The van der Waals surface area contributed by atoms with Gasteiger partial charge in [0, 0.05) is 15.7 Å². The molecule has 0 aliphatic rings. The molecule has 0 spiro atoms.